The summed E-state index contributed by atoms with van der Waals surface area (Å²) in [5, 5.41) is 9.91. The Morgan fingerprint density at radius 3 is 2.22 bits per heavy atom. The average Bonchev–Trinajstić information content (AvgIpc) is 2.27. The third kappa shape index (κ3) is 3.72. The average molecular weight is 270 g/mol. The first kappa shape index (κ1) is 15.0. The second-order valence-electron chi connectivity index (χ2n) is 5.42. The third-order valence-corrected chi connectivity index (χ3v) is 3.41. The van der Waals surface area contributed by atoms with E-state index in [1.165, 1.54) is 0 Å². The highest BCUT2D eigenvalue weighted by atomic mass is 35.5. The zero-order valence-electron chi connectivity index (χ0n) is 11.3. The number of hydrogen-bond acceptors (Lipinski definition) is 2. The summed E-state index contributed by atoms with van der Waals surface area (Å²) in [6.07, 6.45) is 0.553. The van der Waals surface area contributed by atoms with Crippen LogP contribution in [0.2, 0.25) is 5.02 Å². The molecule has 0 bridgehead atoms. The number of aliphatic carboxylic acids is 1. The van der Waals surface area contributed by atoms with Gasteiger partial charge in [-0.25, -0.2) is 0 Å². The number of halogens is 1. The number of benzene rings is 1. The molecule has 1 atom stereocenters. The van der Waals surface area contributed by atoms with Crippen LogP contribution in [0.3, 0.4) is 0 Å². The lowest BCUT2D eigenvalue weighted by Crippen LogP contribution is -2.31. The number of rotatable bonds is 5. The molecule has 0 radical (unpaired) electrons. The van der Waals surface area contributed by atoms with Crippen molar-refractivity contribution in [2.24, 2.45) is 5.41 Å². The fourth-order valence-electron chi connectivity index (χ4n) is 1.85. The Kier molecular flexibility index (Phi) is 4.77. The lowest BCUT2D eigenvalue weighted by Gasteiger charge is -2.31. The first-order valence-electron chi connectivity index (χ1n) is 5.89. The molecule has 0 saturated heterocycles. The molecule has 0 fully saturated rings. The summed E-state index contributed by atoms with van der Waals surface area (Å²) in [5.41, 5.74) is 0.327. The van der Waals surface area contributed by atoms with Crippen molar-refractivity contribution in [3.05, 3.63) is 34.9 Å². The Hall–Kier alpha value is -1.06. The second-order valence-corrected chi connectivity index (χ2v) is 5.86. The molecule has 0 aliphatic heterocycles. The topological polar surface area (TPSA) is 40.5 Å². The van der Waals surface area contributed by atoms with Crippen LogP contribution in [0.25, 0.3) is 0 Å². The van der Waals surface area contributed by atoms with Gasteiger partial charge in [-0.05, 0) is 52.1 Å². The highest BCUT2D eigenvalue weighted by molar-refractivity contribution is 6.30. The van der Waals surface area contributed by atoms with Crippen molar-refractivity contribution in [3.63, 3.8) is 0 Å². The van der Waals surface area contributed by atoms with E-state index in [2.05, 4.69) is 0 Å². The Morgan fingerprint density at radius 2 is 1.83 bits per heavy atom. The predicted octanol–water partition coefficient (Wildman–Crippen LogP) is 3.44. The number of carboxylic acids is 1. The molecule has 3 nitrogen and oxygen atoms in total. The van der Waals surface area contributed by atoms with Crippen LogP contribution in [-0.2, 0) is 4.79 Å². The maximum Gasteiger partial charge on any atom is 0.309 e. The lowest BCUT2D eigenvalue weighted by molar-refractivity contribution is -0.148. The van der Waals surface area contributed by atoms with Crippen molar-refractivity contribution in [3.8, 4) is 0 Å². The molecule has 0 aromatic heterocycles. The minimum absolute atomic E-state index is 0.0633. The Morgan fingerprint density at radius 1 is 1.33 bits per heavy atom. The number of carbonyl (C=O) groups is 1. The van der Waals surface area contributed by atoms with Crippen molar-refractivity contribution >= 4 is 17.6 Å². The molecule has 4 heteroatoms. The van der Waals surface area contributed by atoms with Crippen LogP contribution in [0.1, 0.15) is 31.9 Å². The summed E-state index contributed by atoms with van der Waals surface area (Å²) in [7, 11) is 3.91. The molecule has 0 aliphatic carbocycles. The molecule has 0 spiro atoms. The van der Waals surface area contributed by atoms with Crippen molar-refractivity contribution < 1.29 is 9.90 Å². The first-order chi connectivity index (χ1) is 8.24. The highest BCUT2D eigenvalue weighted by Gasteiger charge is 2.32. The fourth-order valence-corrected chi connectivity index (χ4v) is 1.98. The molecular formula is C14H20ClNO2. The van der Waals surface area contributed by atoms with E-state index in [0.717, 1.165) is 5.56 Å². The van der Waals surface area contributed by atoms with E-state index >= 15 is 0 Å². The normalized spacial score (nSPS) is 13.7. The minimum atomic E-state index is -0.775. The van der Waals surface area contributed by atoms with E-state index in [1.807, 2.05) is 43.3 Å². The van der Waals surface area contributed by atoms with Gasteiger partial charge in [0.2, 0.25) is 0 Å². The minimum Gasteiger partial charge on any atom is -0.481 e. The monoisotopic (exact) mass is 269 g/mol. The van der Waals surface area contributed by atoms with Crippen molar-refractivity contribution in [2.45, 2.75) is 26.3 Å². The molecule has 1 N–H and O–H groups in total. The number of carboxylic acid groups (broad SMARTS) is 1. The smallest absolute Gasteiger partial charge is 0.309 e. The largest absolute Gasteiger partial charge is 0.481 e. The number of hydrogen-bond donors (Lipinski definition) is 1. The molecule has 100 valence electrons. The van der Waals surface area contributed by atoms with Crippen molar-refractivity contribution in [1.82, 2.24) is 4.90 Å². The summed E-state index contributed by atoms with van der Waals surface area (Å²) in [4.78, 5) is 13.3. The molecule has 18 heavy (non-hydrogen) atoms. The van der Waals surface area contributed by atoms with Gasteiger partial charge in [-0.1, -0.05) is 23.7 Å². The molecular weight excluding hydrogens is 250 g/mol. The fraction of sp³-hybridized carbons (Fsp3) is 0.500. The van der Waals surface area contributed by atoms with Gasteiger partial charge >= 0.3 is 5.97 Å². The molecule has 0 amide bonds. The van der Waals surface area contributed by atoms with E-state index < -0.39 is 11.4 Å². The van der Waals surface area contributed by atoms with Gasteiger partial charge in [0.25, 0.3) is 0 Å². The summed E-state index contributed by atoms with van der Waals surface area (Å²) >= 11 is 5.87. The molecule has 1 unspecified atom stereocenters. The van der Waals surface area contributed by atoms with E-state index in [1.54, 1.807) is 13.8 Å². The summed E-state index contributed by atoms with van der Waals surface area (Å²) in [6.45, 7) is 3.50. The van der Waals surface area contributed by atoms with Gasteiger partial charge in [0, 0.05) is 11.1 Å². The quantitative estimate of drug-likeness (QED) is 0.890. The lowest BCUT2D eigenvalue weighted by atomic mass is 9.83. The first-order valence-corrected chi connectivity index (χ1v) is 6.27. The maximum absolute atomic E-state index is 11.2. The van der Waals surface area contributed by atoms with Crippen LogP contribution < -0.4 is 0 Å². The van der Waals surface area contributed by atoms with E-state index in [9.17, 15) is 9.90 Å². The Balaban J connectivity index is 2.97. The summed E-state index contributed by atoms with van der Waals surface area (Å²) in [6, 6.07) is 7.63. The van der Waals surface area contributed by atoms with Gasteiger partial charge in [0.15, 0.2) is 0 Å². The van der Waals surface area contributed by atoms with Crippen LogP contribution in [-0.4, -0.2) is 30.1 Å². The molecule has 0 aliphatic rings. The van der Waals surface area contributed by atoms with Gasteiger partial charge in [-0.2, -0.15) is 0 Å². The molecule has 0 heterocycles. The van der Waals surface area contributed by atoms with Crippen LogP contribution in [0.5, 0.6) is 0 Å². The Bertz CT molecular complexity index is 412. The van der Waals surface area contributed by atoms with Gasteiger partial charge in [0.1, 0.15) is 0 Å². The van der Waals surface area contributed by atoms with Crippen LogP contribution >= 0.6 is 11.6 Å². The third-order valence-electron chi connectivity index (χ3n) is 3.16. The van der Waals surface area contributed by atoms with Crippen LogP contribution in [0, 0.1) is 5.41 Å². The van der Waals surface area contributed by atoms with Crippen LogP contribution in [0.4, 0.5) is 0 Å². The van der Waals surface area contributed by atoms with Gasteiger partial charge < -0.3 is 10.0 Å². The SMILES string of the molecule is CN(C)C(CC(C)(C)C(=O)O)c1ccc(Cl)cc1. The van der Waals surface area contributed by atoms with Crippen molar-refractivity contribution in [1.29, 1.82) is 0 Å². The van der Waals surface area contributed by atoms with Crippen molar-refractivity contribution in [2.75, 3.05) is 14.1 Å². The molecule has 0 saturated carbocycles. The summed E-state index contributed by atoms with van der Waals surface area (Å²) < 4.78 is 0. The number of nitrogens with zero attached hydrogens (tertiary/aromatic N) is 1. The van der Waals surface area contributed by atoms with Crippen LogP contribution in [0.15, 0.2) is 24.3 Å². The van der Waals surface area contributed by atoms with Gasteiger partial charge in [-0.15, -0.1) is 0 Å². The molecule has 1 aromatic rings. The van der Waals surface area contributed by atoms with Gasteiger partial charge in [-0.3, -0.25) is 4.79 Å². The summed E-state index contributed by atoms with van der Waals surface area (Å²) in [5.74, 6) is -0.775. The zero-order chi connectivity index (χ0) is 13.9. The standard InChI is InChI=1S/C14H20ClNO2/c1-14(2,13(17)18)9-12(16(3)4)10-5-7-11(15)8-6-10/h5-8,12H,9H2,1-4H3,(H,17,18). The van der Waals surface area contributed by atoms with E-state index in [0.29, 0.717) is 11.4 Å². The van der Waals surface area contributed by atoms with E-state index in [-0.39, 0.29) is 6.04 Å². The molecule has 1 aromatic carbocycles. The predicted molar refractivity (Wildman–Crippen MR) is 73.9 cm³/mol. The highest BCUT2D eigenvalue weighted by Crippen LogP contribution is 2.33. The Labute approximate surface area is 113 Å². The maximum atomic E-state index is 11.2. The molecule has 1 rings (SSSR count). The van der Waals surface area contributed by atoms with E-state index in [4.69, 9.17) is 11.6 Å². The zero-order valence-corrected chi connectivity index (χ0v) is 12.0. The van der Waals surface area contributed by atoms with Gasteiger partial charge in [0.05, 0.1) is 5.41 Å². The second kappa shape index (κ2) is 5.72.